The molecule has 1 saturated heterocycles. The van der Waals surface area contributed by atoms with E-state index in [1.54, 1.807) is 0 Å². The molecule has 182 valence electrons. The first-order chi connectivity index (χ1) is 16.9. The van der Waals surface area contributed by atoms with Gasteiger partial charge in [-0.1, -0.05) is 6.07 Å². The highest BCUT2D eigenvalue weighted by Crippen LogP contribution is 2.38. The molecule has 0 radical (unpaired) electrons. The normalized spacial score (nSPS) is 23.6. The van der Waals surface area contributed by atoms with Gasteiger partial charge in [0.15, 0.2) is 0 Å². The predicted octanol–water partition coefficient (Wildman–Crippen LogP) is 4.01. The number of carbonyl (C=O) groups is 1. The van der Waals surface area contributed by atoms with Crippen LogP contribution >= 0.6 is 0 Å². The number of aromatic nitrogens is 3. The molecule has 1 aromatic carbocycles. The topological polar surface area (TPSA) is 95.3 Å². The van der Waals surface area contributed by atoms with E-state index in [0.717, 1.165) is 60.3 Å². The molecule has 0 unspecified atom stereocenters. The minimum absolute atomic E-state index is 0.0635. The van der Waals surface area contributed by atoms with Crippen LogP contribution in [0.3, 0.4) is 0 Å². The maximum absolute atomic E-state index is 12.8. The lowest BCUT2D eigenvalue weighted by Gasteiger charge is -2.42. The number of β-amino-alcohol motifs (C(OH)–C–C–N with tert-alkyl or cyclic N) is 1. The average Bonchev–Trinajstić information content (AvgIpc) is 3.46. The van der Waals surface area contributed by atoms with E-state index in [2.05, 4.69) is 43.3 Å². The molecule has 6 rings (SSSR count). The van der Waals surface area contributed by atoms with Crippen molar-refractivity contribution in [3.63, 3.8) is 0 Å². The molecular weight excluding hydrogens is 440 g/mol. The monoisotopic (exact) mass is 472 g/mol. The number of carbonyl (C=O) groups excluding carboxylic acids is 1. The third kappa shape index (κ3) is 3.95. The molecule has 8 nitrogen and oxygen atoms in total. The van der Waals surface area contributed by atoms with E-state index in [9.17, 15) is 9.90 Å². The molecule has 35 heavy (non-hydrogen) atoms. The second-order valence-electron chi connectivity index (χ2n) is 10.4. The molecule has 3 aliphatic heterocycles. The number of nitrogens with one attached hydrogen (secondary N) is 2. The van der Waals surface area contributed by atoms with E-state index in [1.807, 2.05) is 37.5 Å². The van der Waals surface area contributed by atoms with Crippen molar-refractivity contribution in [1.82, 2.24) is 20.1 Å². The standard InChI is InChI=1S/C27H32N6O2/c1-17-10-11-27(2,35)16-32(17)18-6-9-24(28-13-18)31-22-8-7-19(21-14-29-26(34)25(21)22)20-15-30-33-12-4-3-5-23(20)33/h6-9,13,15,17,35H,3-5,10-12,14,16H2,1-2H3,(H,28,31)(H,29,34)/t17-,27+/m1/s1. The number of pyridine rings is 1. The Labute approximate surface area is 205 Å². The zero-order valence-corrected chi connectivity index (χ0v) is 20.3. The van der Waals surface area contributed by atoms with Gasteiger partial charge >= 0.3 is 0 Å². The van der Waals surface area contributed by atoms with Gasteiger partial charge in [0, 0.05) is 36.9 Å². The van der Waals surface area contributed by atoms with Crippen molar-refractivity contribution in [2.75, 3.05) is 16.8 Å². The van der Waals surface area contributed by atoms with Gasteiger partial charge in [0.05, 0.1) is 34.9 Å². The fraction of sp³-hybridized carbons (Fsp3) is 0.444. The number of hydrogen-bond donors (Lipinski definition) is 3. The molecule has 3 aliphatic rings. The fourth-order valence-electron chi connectivity index (χ4n) is 5.74. The predicted molar refractivity (Wildman–Crippen MR) is 136 cm³/mol. The van der Waals surface area contributed by atoms with E-state index < -0.39 is 5.60 Å². The molecule has 0 spiro atoms. The number of fused-ring (bicyclic) bond motifs is 2. The largest absolute Gasteiger partial charge is 0.388 e. The number of aryl methyl sites for hydroxylation is 1. The minimum Gasteiger partial charge on any atom is -0.388 e. The number of nitrogens with zero attached hydrogens (tertiary/aromatic N) is 4. The molecule has 2 atom stereocenters. The molecule has 1 fully saturated rings. The minimum atomic E-state index is -0.686. The third-order valence-electron chi connectivity index (χ3n) is 7.72. The first-order valence-electron chi connectivity index (χ1n) is 12.6. The molecule has 2 aromatic heterocycles. The van der Waals surface area contributed by atoms with Crippen LogP contribution in [0.25, 0.3) is 11.1 Å². The summed E-state index contributed by atoms with van der Waals surface area (Å²) in [6, 6.07) is 8.39. The van der Waals surface area contributed by atoms with Gasteiger partial charge < -0.3 is 20.6 Å². The Kier molecular flexibility index (Phi) is 5.29. The van der Waals surface area contributed by atoms with E-state index >= 15 is 0 Å². The zero-order chi connectivity index (χ0) is 24.2. The summed E-state index contributed by atoms with van der Waals surface area (Å²) in [5.74, 6) is 0.620. The highest BCUT2D eigenvalue weighted by atomic mass is 16.3. The van der Waals surface area contributed by atoms with Crippen LogP contribution in [-0.4, -0.2) is 44.0 Å². The zero-order valence-electron chi connectivity index (χ0n) is 20.3. The number of anilines is 3. The van der Waals surface area contributed by atoms with Gasteiger partial charge in [-0.2, -0.15) is 5.10 Å². The number of benzene rings is 1. The highest BCUT2D eigenvalue weighted by Gasteiger charge is 2.33. The van der Waals surface area contributed by atoms with Crippen molar-refractivity contribution in [1.29, 1.82) is 0 Å². The van der Waals surface area contributed by atoms with Crippen LogP contribution in [0.2, 0.25) is 0 Å². The third-order valence-corrected chi connectivity index (χ3v) is 7.72. The van der Waals surface area contributed by atoms with Crippen LogP contribution in [0.15, 0.2) is 36.7 Å². The van der Waals surface area contributed by atoms with Crippen molar-refractivity contribution >= 4 is 23.1 Å². The number of hydrogen-bond acceptors (Lipinski definition) is 6. The summed E-state index contributed by atoms with van der Waals surface area (Å²) in [5.41, 5.74) is 6.25. The van der Waals surface area contributed by atoms with E-state index in [4.69, 9.17) is 0 Å². The molecule has 8 heteroatoms. The quantitative estimate of drug-likeness (QED) is 0.531. The Morgan fingerprint density at radius 1 is 1.17 bits per heavy atom. The summed E-state index contributed by atoms with van der Waals surface area (Å²) in [5, 5.41) is 21.5. The van der Waals surface area contributed by atoms with Crippen LogP contribution < -0.4 is 15.5 Å². The summed E-state index contributed by atoms with van der Waals surface area (Å²) in [6.45, 7) is 6.15. The lowest BCUT2D eigenvalue weighted by Crippen LogP contribution is -2.50. The maximum Gasteiger partial charge on any atom is 0.254 e. The number of amides is 1. The van der Waals surface area contributed by atoms with E-state index in [-0.39, 0.29) is 5.91 Å². The van der Waals surface area contributed by atoms with Gasteiger partial charge in [0.25, 0.3) is 5.91 Å². The van der Waals surface area contributed by atoms with Crippen molar-refractivity contribution < 1.29 is 9.90 Å². The van der Waals surface area contributed by atoms with Crippen molar-refractivity contribution in [2.45, 2.75) is 70.7 Å². The summed E-state index contributed by atoms with van der Waals surface area (Å²) in [7, 11) is 0. The molecule has 5 heterocycles. The second kappa shape index (κ2) is 8.37. The Morgan fingerprint density at radius 2 is 2.06 bits per heavy atom. The van der Waals surface area contributed by atoms with Crippen LogP contribution in [0.1, 0.15) is 61.1 Å². The highest BCUT2D eigenvalue weighted by molar-refractivity contribution is 6.06. The van der Waals surface area contributed by atoms with Crippen molar-refractivity contribution in [3.05, 3.63) is 53.5 Å². The molecular formula is C27H32N6O2. The molecule has 0 bridgehead atoms. The Bertz CT molecular complexity index is 1280. The van der Waals surface area contributed by atoms with Crippen LogP contribution in [0, 0.1) is 0 Å². The molecule has 3 aromatic rings. The van der Waals surface area contributed by atoms with Gasteiger partial charge in [0.1, 0.15) is 5.82 Å². The smallest absolute Gasteiger partial charge is 0.254 e. The van der Waals surface area contributed by atoms with Gasteiger partial charge in [-0.3, -0.25) is 9.48 Å². The molecule has 0 aliphatic carbocycles. The first-order valence-corrected chi connectivity index (χ1v) is 12.6. The summed E-state index contributed by atoms with van der Waals surface area (Å²) in [6.07, 6.45) is 8.90. The lowest BCUT2D eigenvalue weighted by molar-refractivity contribution is 0.0378. The Balaban J connectivity index is 1.28. The van der Waals surface area contributed by atoms with Crippen molar-refractivity contribution in [3.8, 4) is 11.1 Å². The van der Waals surface area contributed by atoms with Crippen molar-refractivity contribution in [2.24, 2.45) is 0 Å². The van der Waals surface area contributed by atoms with E-state index in [0.29, 0.717) is 30.5 Å². The van der Waals surface area contributed by atoms with Gasteiger partial charge in [0.2, 0.25) is 0 Å². The second-order valence-corrected chi connectivity index (χ2v) is 10.4. The SMILES string of the molecule is C[C@@H]1CC[C@](C)(O)CN1c1ccc(Nc2ccc(-c3cnn4c3CCCC4)c3c2C(=O)NC3)nc1. The lowest BCUT2D eigenvalue weighted by atomic mass is 9.90. The average molecular weight is 473 g/mol. The van der Waals surface area contributed by atoms with E-state index in [1.165, 1.54) is 12.1 Å². The van der Waals surface area contributed by atoms with Crippen LogP contribution in [0.4, 0.5) is 17.2 Å². The molecule has 1 amide bonds. The first kappa shape index (κ1) is 22.1. The van der Waals surface area contributed by atoms with Gasteiger partial charge in [-0.05, 0) is 75.3 Å². The maximum atomic E-state index is 12.8. The Morgan fingerprint density at radius 3 is 2.89 bits per heavy atom. The number of aliphatic hydroxyl groups is 1. The summed E-state index contributed by atoms with van der Waals surface area (Å²) < 4.78 is 2.11. The number of piperidine rings is 1. The fourth-order valence-corrected chi connectivity index (χ4v) is 5.74. The molecule has 3 N–H and O–H groups in total. The summed E-state index contributed by atoms with van der Waals surface area (Å²) in [4.78, 5) is 19.7. The van der Waals surface area contributed by atoms with Gasteiger partial charge in [-0.15, -0.1) is 0 Å². The van der Waals surface area contributed by atoms with Gasteiger partial charge in [-0.25, -0.2) is 4.98 Å². The summed E-state index contributed by atoms with van der Waals surface area (Å²) >= 11 is 0. The Hall–Kier alpha value is -3.39. The molecule has 0 saturated carbocycles. The number of rotatable bonds is 4. The van der Waals surface area contributed by atoms with Crippen LogP contribution in [0.5, 0.6) is 0 Å². The van der Waals surface area contributed by atoms with Crippen LogP contribution in [-0.2, 0) is 19.5 Å².